The van der Waals surface area contributed by atoms with Crippen LogP contribution < -0.4 is 0 Å². The summed E-state index contributed by atoms with van der Waals surface area (Å²) in [5.41, 5.74) is 0. The van der Waals surface area contributed by atoms with Crippen LogP contribution >= 0.6 is 0 Å². The fourth-order valence-electron chi connectivity index (χ4n) is 2.17. The second-order valence-electron chi connectivity index (χ2n) is 5.52. The Kier molecular flexibility index (Phi) is 9.84. The first-order valence-corrected chi connectivity index (χ1v) is 8.95. The van der Waals surface area contributed by atoms with Crippen molar-refractivity contribution in [3.63, 3.8) is 0 Å². The van der Waals surface area contributed by atoms with Gasteiger partial charge in [0, 0.05) is 20.5 Å². The molecule has 1 N–H and O–H groups in total. The standard InChI is InChI=1S/C14H29NO4S/c1-4-10-13(20(17,18)19)11-8-6-5-7-9-12-14(16)15(2)3/h13H,4-12H2,1-3H3,(H,17,18,19). The first kappa shape index (κ1) is 19.4. The van der Waals surface area contributed by atoms with E-state index in [9.17, 15) is 13.2 Å². The molecule has 0 fully saturated rings. The Morgan fingerprint density at radius 2 is 1.60 bits per heavy atom. The Morgan fingerprint density at radius 3 is 2.10 bits per heavy atom. The van der Waals surface area contributed by atoms with Gasteiger partial charge in [-0.2, -0.15) is 8.42 Å². The SMILES string of the molecule is CCCC(CCCCCCCC(=O)N(C)C)S(=O)(=O)O. The Labute approximate surface area is 123 Å². The molecule has 0 saturated heterocycles. The van der Waals surface area contributed by atoms with Gasteiger partial charge in [0.15, 0.2) is 0 Å². The highest BCUT2D eigenvalue weighted by Crippen LogP contribution is 2.16. The van der Waals surface area contributed by atoms with Crippen molar-refractivity contribution < 1.29 is 17.8 Å². The molecule has 0 aromatic heterocycles. The molecular formula is C14H29NO4S. The van der Waals surface area contributed by atoms with E-state index in [1.807, 2.05) is 6.92 Å². The van der Waals surface area contributed by atoms with Crippen LogP contribution in [0.25, 0.3) is 0 Å². The van der Waals surface area contributed by atoms with E-state index in [-0.39, 0.29) is 5.91 Å². The maximum Gasteiger partial charge on any atom is 0.267 e. The molecule has 0 bridgehead atoms. The van der Waals surface area contributed by atoms with Crippen molar-refractivity contribution >= 4 is 16.0 Å². The lowest BCUT2D eigenvalue weighted by Gasteiger charge is -2.12. The van der Waals surface area contributed by atoms with Gasteiger partial charge in [-0.3, -0.25) is 9.35 Å². The normalized spacial score (nSPS) is 13.2. The summed E-state index contributed by atoms with van der Waals surface area (Å²) in [6.07, 6.45) is 7.04. The van der Waals surface area contributed by atoms with Crippen LogP contribution in [0, 0.1) is 0 Å². The lowest BCUT2D eigenvalue weighted by Crippen LogP contribution is -2.21. The number of carbonyl (C=O) groups is 1. The monoisotopic (exact) mass is 307 g/mol. The van der Waals surface area contributed by atoms with Crippen LogP contribution in [0.15, 0.2) is 0 Å². The zero-order valence-electron chi connectivity index (χ0n) is 13.0. The van der Waals surface area contributed by atoms with E-state index in [0.29, 0.717) is 19.3 Å². The Balaban J connectivity index is 3.68. The number of hydrogen-bond acceptors (Lipinski definition) is 3. The van der Waals surface area contributed by atoms with Crippen LogP contribution in [0.5, 0.6) is 0 Å². The summed E-state index contributed by atoms with van der Waals surface area (Å²) in [5.74, 6) is 0.152. The van der Waals surface area contributed by atoms with Crippen LogP contribution in [0.4, 0.5) is 0 Å². The molecule has 1 unspecified atom stereocenters. The zero-order chi connectivity index (χ0) is 15.6. The molecule has 0 aromatic carbocycles. The number of carbonyl (C=O) groups excluding carboxylic acids is 1. The predicted octanol–water partition coefficient (Wildman–Crippen LogP) is 2.86. The summed E-state index contributed by atoms with van der Waals surface area (Å²) in [7, 11) is -0.384. The van der Waals surface area contributed by atoms with Crippen molar-refractivity contribution in [2.24, 2.45) is 0 Å². The number of unbranched alkanes of at least 4 members (excludes halogenated alkanes) is 4. The highest BCUT2D eigenvalue weighted by atomic mass is 32.2. The van der Waals surface area contributed by atoms with Crippen molar-refractivity contribution in [2.75, 3.05) is 14.1 Å². The minimum Gasteiger partial charge on any atom is -0.349 e. The summed E-state index contributed by atoms with van der Waals surface area (Å²) in [6.45, 7) is 1.92. The maximum atomic E-state index is 11.3. The molecule has 0 spiro atoms. The lowest BCUT2D eigenvalue weighted by molar-refractivity contribution is -0.128. The van der Waals surface area contributed by atoms with E-state index in [1.54, 1.807) is 19.0 Å². The number of amides is 1. The molecule has 0 radical (unpaired) electrons. The maximum absolute atomic E-state index is 11.3. The Morgan fingerprint density at radius 1 is 1.05 bits per heavy atom. The number of nitrogens with zero attached hydrogens (tertiary/aromatic N) is 1. The number of rotatable bonds is 11. The molecule has 1 amide bonds. The topological polar surface area (TPSA) is 74.7 Å². The van der Waals surface area contributed by atoms with Crippen molar-refractivity contribution in [3.8, 4) is 0 Å². The molecule has 6 heteroatoms. The van der Waals surface area contributed by atoms with E-state index in [0.717, 1.165) is 38.5 Å². The van der Waals surface area contributed by atoms with Gasteiger partial charge >= 0.3 is 0 Å². The van der Waals surface area contributed by atoms with Gasteiger partial charge in [-0.25, -0.2) is 0 Å². The minimum absolute atomic E-state index is 0.152. The largest absolute Gasteiger partial charge is 0.349 e. The molecule has 0 aromatic rings. The van der Waals surface area contributed by atoms with Gasteiger partial charge in [0.05, 0.1) is 5.25 Å². The molecule has 0 aliphatic carbocycles. The third-order valence-electron chi connectivity index (χ3n) is 3.45. The lowest BCUT2D eigenvalue weighted by atomic mass is 10.1. The van der Waals surface area contributed by atoms with Crippen LogP contribution in [0.1, 0.15) is 64.7 Å². The first-order chi connectivity index (χ1) is 9.29. The highest BCUT2D eigenvalue weighted by molar-refractivity contribution is 7.86. The summed E-state index contributed by atoms with van der Waals surface area (Å²) < 4.78 is 31.4. The van der Waals surface area contributed by atoms with Crippen LogP contribution in [0.3, 0.4) is 0 Å². The summed E-state index contributed by atoms with van der Waals surface area (Å²) in [6, 6.07) is 0. The smallest absolute Gasteiger partial charge is 0.267 e. The molecule has 0 saturated carbocycles. The second-order valence-corrected chi connectivity index (χ2v) is 7.22. The van der Waals surface area contributed by atoms with Gasteiger partial charge in [-0.1, -0.05) is 39.0 Å². The van der Waals surface area contributed by atoms with Crippen molar-refractivity contribution in [1.29, 1.82) is 0 Å². The second kappa shape index (κ2) is 10.2. The predicted molar refractivity (Wildman–Crippen MR) is 81.3 cm³/mol. The van der Waals surface area contributed by atoms with Gasteiger partial charge < -0.3 is 4.90 Å². The zero-order valence-corrected chi connectivity index (χ0v) is 13.8. The minimum atomic E-state index is -3.90. The van der Waals surface area contributed by atoms with Crippen LogP contribution in [-0.4, -0.2) is 43.1 Å². The summed E-state index contributed by atoms with van der Waals surface area (Å²) >= 11 is 0. The average molecular weight is 307 g/mol. The Bertz CT molecular complexity index is 365. The van der Waals surface area contributed by atoms with E-state index in [2.05, 4.69) is 0 Å². The molecule has 1 atom stereocenters. The van der Waals surface area contributed by atoms with Crippen molar-refractivity contribution in [2.45, 2.75) is 70.0 Å². The molecule has 0 rings (SSSR count). The number of hydrogen-bond donors (Lipinski definition) is 1. The third-order valence-corrected chi connectivity index (χ3v) is 4.76. The highest BCUT2D eigenvalue weighted by Gasteiger charge is 2.20. The van der Waals surface area contributed by atoms with Crippen molar-refractivity contribution in [3.05, 3.63) is 0 Å². The molecule has 0 aliphatic rings. The Hall–Kier alpha value is -0.620. The third kappa shape index (κ3) is 9.31. The van der Waals surface area contributed by atoms with Gasteiger partial charge in [-0.05, 0) is 19.3 Å². The first-order valence-electron chi connectivity index (χ1n) is 7.45. The van der Waals surface area contributed by atoms with Gasteiger partial charge in [0.1, 0.15) is 0 Å². The van der Waals surface area contributed by atoms with Crippen LogP contribution in [0.2, 0.25) is 0 Å². The molecule has 20 heavy (non-hydrogen) atoms. The van der Waals surface area contributed by atoms with E-state index < -0.39 is 15.4 Å². The molecule has 5 nitrogen and oxygen atoms in total. The fourth-order valence-corrected chi connectivity index (χ4v) is 3.16. The van der Waals surface area contributed by atoms with E-state index >= 15 is 0 Å². The van der Waals surface area contributed by atoms with Crippen molar-refractivity contribution in [1.82, 2.24) is 4.90 Å². The summed E-state index contributed by atoms with van der Waals surface area (Å²) in [4.78, 5) is 12.9. The average Bonchev–Trinajstić information content (AvgIpc) is 2.34. The molecule has 0 heterocycles. The molecule has 0 aliphatic heterocycles. The molecular weight excluding hydrogens is 278 g/mol. The van der Waals surface area contributed by atoms with Gasteiger partial charge in [0.2, 0.25) is 5.91 Å². The van der Waals surface area contributed by atoms with Crippen LogP contribution in [-0.2, 0) is 14.9 Å². The molecule has 120 valence electrons. The summed E-state index contributed by atoms with van der Waals surface area (Å²) in [5, 5.41) is -0.609. The fraction of sp³-hybridized carbons (Fsp3) is 0.929. The quantitative estimate of drug-likeness (QED) is 0.470. The van der Waals surface area contributed by atoms with Gasteiger partial charge in [-0.15, -0.1) is 0 Å². The van der Waals surface area contributed by atoms with E-state index in [4.69, 9.17) is 4.55 Å². The van der Waals surface area contributed by atoms with Gasteiger partial charge in [0.25, 0.3) is 10.1 Å². The van der Waals surface area contributed by atoms with E-state index in [1.165, 1.54) is 0 Å².